The fourth-order valence-corrected chi connectivity index (χ4v) is 3.50. The number of carbonyl (C=O) groups excluding carboxylic acids is 2. The molecule has 0 aliphatic rings. The normalized spacial score (nSPS) is 10.6. The van der Waals surface area contributed by atoms with Gasteiger partial charge in [-0.1, -0.05) is 59.0 Å². The summed E-state index contributed by atoms with van der Waals surface area (Å²) in [4.78, 5) is 24.4. The Morgan fingerprint density at radius 3 is 1.71 bits per heavy atom. The molecule has 0 aromatic heterocycles. The lowest BCUT2D eigenvalue weighted by molar-refractivity contribution is -0.133. The standard InChI is InChI=1S/C24H36O4/c1-6-8-10-12-14-19-16-21(24(26)28-5)17-20(15-13-11-9-7-2)22(19)18(3)23(25)27-4/h16-17H,3,6-15H2,1-2,4-5H3. The summed E-state index contributed by atoms with van der Waals surface area (Å²) in [6.45, 7) is 8.36. The molecule has 0 aliphatic heterocycles. The van der Waals surface area contributed by atoms with Gasteiger partial charge in [0.2, 0.25) is 0 Å². The van der Waals surface area contributed by atoms with E-state index < -0.39 is 5.97 Å². The molecule has 1 aromatic carbocycles. The number of carbonyl (C=O) groups is 2. The van der Waals surface area contributed by atoms with Gasteiger partial charge in [0.15, 0.2) is 0 Å². The van der Waals surface area contributed by atoms with Gasteiger partial charge < -0.3 is 9.47 Å². The molecule has 1 rings (SSSR count). The Balaban J connectivity index is 3.32. The van der Waals surface area contributed by atoms with Crippen LogP contribution in [0.1, 0.15) is 92.3 Å². The molecule has 0 bridgehead atoms. The second-order valence-corrected chi connectivity index (χ2v) is 7.25. The van der Waals surface area contributed by atoms with Crippen molar-refractivity contribution in [3.8, 4) is 0 Å². The molecule has 0 N–H and O–H groups in total. The van der Waals surface area contributed by atoms with Gasteiger partial charge in [-0.15, -0.1) is 0 Å². The largest absolute Gasteiger partial charge is 0.465 e. The molecule has 1 aromatic rings. The molecule has 4 nitrogen and oxygen atoms in total. The molecule has 0 atom stereocenters. The summed E-state index contributed by atoms with van der Waals surface area (Å²) in [6.07, 6.45) is 10.5. The van der Waals surface area contributed by atoms with Gasteiger partial charge in [0, 0.05) is 0 Å². The fourth-order valence-electron chi connectivity index (χ4n) is 3.50. The predicted octanol–water partition coefficient (Wildman–Crippen LogP) is 5.91. The SMILES string of the molecule is C=C(C(=O)OC)c1c(CCCCCC)cc(C(=O)OC)cc1CCCCCC. The van der Waals surface area contributed by atoms with Crippen LogP contribution in [0.2, 0.25) is 0 Å². The number of methoxy groups -OCH3 is 2. The molecule has 0 unspecified atom stereocenters. The Kier molecular flexibility index (Phi) is 11.2. The van der Waals surface area contributed by atoms with Crippen LogP contribution in [0, 0.1) is 0 Å². The van der Waals surface area contributed by atoms with E-state index in [9.17, 15) is 9.59 Å². The van der Waals surface area contributed by atoms with Gasteiger partial charge in [-0.2, -0.15) is 0 Å². The zero-order valence-electron chi connectivity index (χ0n) is 18.1. The Hall–Kier alpha value is -2.10. The first-order valence-electron chi connectivity index (χ1n) is 10.5. The lowest BCUT2D eigenvalue weighted by atomic mass is 9.87. The van der Waals surface area contributed by atoms with Crippen molar-refractivity contribution in [2.75, 3.05) is 14.2 Å². The van der Waals surface area contributed by atoms with E-state index in [1.807, 2.05) is 12.1 Å². The van der Waals surface area contributed by atoms with Crippen molar-refractivity contribution in [1.82, 2.24) is 0 Å². The minimum absolute atomic E-state index is 0.347. The second kappa shape index (κ2) is 13.1. The predicted molar refractivity (Wildman–Crippen MR) is 115 cm³/mol. The van der Waals surface area contributed by atoms with Gasteiger partial charge in [0.05, 0.1) is 25.4 Å². The average molecular weight is 389 g/mol. The number of ether oxygens (including phenoxy) is 2. The maximum absolute atomic E-state index is 12.2. The third-order valence-electron chi connectivity index (χ3n) is 5.06. The van der Waals surface area contributed by atoms with Crippen LogP contribution >= 0.6 is 0 Å². The lowest BCUT2D eigenvalue weighted by Crippen LogP contribution is -2.12. The highest BCUT2D eigenvalue weighted by Crippen LogP contribution is 2.29. The monoisotopic (exact) mass is 388 g/mol. The van der Waals surface area contributed by atoms with E-state index in [0.717, 1.165) is 68.1 Å². The highest BCUT2D eigenvalue weighted by atomic mass is 16.5. The van der Waals surface area contributed by atoms with Gasteiger partial charge in [0.25, 0.3) is 0 Å². The quantitative estimate of drug-likeness (QED) is 0.240. The van der Waals surface area contributed by atoms with Crippen LogP contribution in [-0.4, -0.2) is 26.2 Å². The zero-order valence-corrected chi connectivity index (χ0v) is 18.1. The number of benzene rings is 1. The molecule has 28 heavy (non-hydrogen) atoms. The topological polar surface area (TPSA) is 52.6 Å². The number of unbranched alkanes of at least 4 members (excludes halogenated alkanes) is 6. The number of hydrogen-bond donors (Lipinski definition) is 0. The van der Waals surface area contributed by atoms with Crippen LogP contribution in [0.15, 0.2) is 18.7 Å². The van der Waals surface area contributed by atoms with Crippen LogP contribution in [-0.2, 0) is 27.1 Å². The summed E-state index contributed by atoms with van der Waals surface area (Å²) in [5, 5.41) is 0. The Labute approximate surface area is 170 Å². The van der Waals surface area contributed by atoms with E-state index in [1.165, 1.54) is 27.1 Å². The van der Waals surface area contributed by atoms with Crippen LogP contribution < -0.4 is 0 Å². The molecule has 0 fully saturated rings. The highest BCUT2D eigenvalue weighted by molar-refractivity contribution is 6.16. The summed E-state index contributed by atoms with van der Waals surface area (Å²) < 4.78 is 9.88. The Bertz CT molecular complexity index is 628. The molecule has 0 amide bonds. The van der Waals surface area contributed by atoms with E-state index in [4.69, 9.17) is 9.47 Å². The number of hydrogen-bond acceptors (Lipinski definition) is 4. The minimum Gasteiger partial charge on any atom is -0.465 e. The molecule has 0 heterocycles. The van der Waals surface area contributed by atoms with E-state index in [-0.39, 0.29) is 5.97 Å². The van der Waals surface area contributed by atoms with Gasteiger partial charge in [-0.05, 0) is 54.5 Å². The molecule has 0 spiro atoms. The molecular formula is C24H36O4. The molecular weight excluding hydrogens is 352 g/mol. The van der Waals surface area contributed by atoms with Crippen LogP contribution in [0.5, 0.6) is 0 Å². The number of esters is 2. The van der Waals surface area contributed by atoms with Crippen molar-refractivity contribution < 1.29 is 19.1 Å². The summed E-state index contributed by atoms with van der Waals surface area (Å²) >= 11 is 0. The first-order valence-corrected chi connectivity index (χ1v) is 10.5. The summed E-state index contributed by atoms with van der Waals surface area (Å²) in [6, 6.07) is 3.72. The minimum atomic E-state index is -0.421. The van der Waals surface area contributed by atoms with Crippen molar-refractivity contribution in [1.29, 1.82) is 0 Å². The molecule has 0 saturated carbocycles. The van der Waals surface area contributed by atoms with E-state index >= 15 is 0 Å². The van der Waals surface area contributed by atoms with Crippen LogP contribution in [0.25, 0.3) is 5.57 Å². The molecule has 4 heteroatoms. The van der Waals surface area contributed by atoms with Crippen molar-refractivity contribution in [3.63, 3.8) is 0 Å². The molecule has 156 valence electrons. The van der Waals surface area contributed by atoms with Gasteiger partial charge in [-0.25, -0.2) is 9.59 Å². The van der Waals surface area contributed by atoms with Crippen LogP contribution in [0.3, 0.4) is 0 Å². The first-order chi connectivity index (χ1) is 13.5. The van der Waals surface area contributed by atoms with E-state index in [0.29, 0.717) is 11.1 Å². The second-order valence-electron chi connectivity index (χ2n) is 7.25. The molecule has 0 aliphatic carbocycles. The first kappa shape index (κ1) is 23.9. The molecule has 0 radical (unpaired) electrons. The Morgan fingerprint density at radius 1 is 0.821 bits per heavy atom. The summed E-state index contributed by atoms with van der Waals surface area (Å²) in [5.74, 6) is -0.768. The highest BCUT2D eigenvalue weighted by Gasteiger charge is 2.21. The molecule has 0 saturated heterocycles. The van der Waals surface area contributed by atoms with Crippen molar-refractivity contribution >= 4 is 17.5 Å². The third kappa shape index (κ3) is 7.14. The van der Waals surface area contributed by atoms with E-state index in [2.05, 4.69) is 20.4 Å². The van der Waals surface area contributed by atoms with Crippen molar-refractivity contribution in [2.24, 2.45) is 0 Å². The van der Waals surface area contributed by atoms with Gasteiger partial charge in [-0.3, -0.25) is 0 Å². The fraction of sp³-hybridized carbons (Fsp3) is 0.583. The van der Waals surface area contributed by atoms with Gasteiger partial charge in [0.1, 0.15) is 0 Å². The summed E-state index contributed by atoms with van der Waals surface area (Å²) in [5.41, 5.74) is 3.74. The lowest BCUT2D eigenvalue weighted by Gasteiger charge is -2.18. The van der Waals surface area contributed by atoms with Crippen molar-refractivity contribution in [3.05, 3.63) is 41.0 Å². The van der Waals surface area contributed by atoms with E-state index in [1.54, 1.807) is 0 Å². The van der Waals surface area contributed by atoms with Gasteiger partial charge >= 0.3 is 11.9 Å². The smallest absolute Gasteiger partial charge is 0.337 e. The third-order valence-corrected chi connectivity index (χ3v) is 5.06. The number of aryl methyl sites for hydroxylation is 2. The Morgan fingerprint density at radius 2 is 1.32 bits per heavy atom. The maximum atomic E-state index is 12.2. The van der Waals surface area contributed by atoms with Crippen LogP contribution in [0.4, 0.5) is 0 Å². The zero-order chi connectivity index (χ0) is 20.9. The summed E-state index contributed by atoms with van der Waals surface area (Å²) in [7, 11) is 2.77. The maximum Gasteiger partial charge on any atom is 0.337 e. The average Bonchev–Trinajstić information content (AvgIpc) is 2.72. The van der Waals surface area contributed by atoms with Crippen molar-refractivity contribution in [2.45, 2.75) is 78.1 Å². The number of rotatable bonds is 13.